The van der Waals surface area contributed by atoms with Gasteiger partial charge in [-0.15, -0.1) is 0 Å². The molecular formula is C19H28N2O. The number of hydrogen-bond donors (Lipinski definition) is 2. The summed E-state index contributed by atoms with van der Waals surface area (Å²) in [6.07, 6.45) is 6.69. The van der Waals surface area contributed by atoms with Crippen molar-refractivity contribution in [2.75, 3.05) is 13.1 Å². The van der Waals surface area contributed by atoms with Crippen molar-refractivity contribution in [3.63, 3.8) is 0 Å². The second-order valence-corrected chi connectivity index (χ2v) is 6.43. The molecule has 0 saturated carbocycles. The maximum atomic E-state index is 6.18. The van der Waals surface area contributed by atoms with Crippen molar-refractivity contribution in [3.8, 4) is 0 Å². The fraction of sp³-hybridized carbons (Fsp3) is 0.579. The van der Waals surface area contributed by atoms with E-state index >= 15 is 0 Å². The molecule has 2 heterocycles. The molecule has 1 aliphatic heterocycles. The van der Waals surface area contributed by atoms with Crippen molar-refractivity contribution in [1.29, 1.82) is 0 Å². The van der Waals surface area contributed by atoms with Crippen LogP contribution in [0.2, 0.25) is 0 Å². The number of nitrogens with one attached hydrogen (secondary N) is 2. The molecular weight excluding hydrogens is 272 g/mol. The zero-order valence-electron chi connectivity index (χ0n) is 13.8. The number of unbranched alkanes of at least 4 members (excludes halogenated alkanes) is 3. The van der Waals surface area contributed by atoms with Gasteiger partial charge in [-0.1, -0.05) is 44.4 Å². The van der Waals surface area contributed by atoms with Crippen molar-refractivity contribution >= 4 is 10.9 Å². The van der Waals surface area contributed by atoms with Crippen LogP contribution in [0.25, 0.3) is 10.9 Å². The molecule has 0 aliphatic carbocycles. The predicted octanol–water partition coefficient (Wildman–Crippen LogP) is 4.34. The first-order valence-corrected chi connectivity index (χ1v) is 8.75. The molecule has 2 unspecified atom stereocenters. The standard InChI is InChI=1S/C19H28N2O/c1-3-4-5-8-11-20-13-15-12-17-16-9-6-7-10-18(16)21-19(17)14(2)22-15/h6-7,9-10,14-15,20-21H,3-5,8,11-13H2,1-2H3. The molecule has 3 nitrogen and oxygen atoms in total. The molecule has 0 spiro atoms. The van der Waals surface area contributed by atoms with Gasteiger partial charge in [0.1, 0.15) is 0 Å². The highest BCUT2D eigenvalue weighted by Crippen LogP contribution is 2.34. The highest BCUT2D eigenvalue weighted by Gasteiger charge is 2.27. The smallest absolute Gasteiger partial charge is 0.0952 e. The number of aromatic nitrogens is 1. The Hall–Kier alpha value is -1.32. The summed E-state index contributed by atoms with van der Waals surface area (Å²) in [4.78, 5) is 3.53. The molecule has 2 atom stereocenters. The number of benzene rings is 1. The van der Waals surface area contributed by atoms with Gasteiger partial charge in [0.15, 0.2) is 0 Å². The minimum absolute atomic E-state index is 0.156. The largest absolute Gasteiger partial charge is 0.367 e. The van der Waals surface area contributed by atoms with E-state index in [1.807, 2.05) is 0 Å². The lowest BCUT2D eigenvalue weighted by molar-refractivity contribution is -0.0159. The van der Waals surface area contributed by atoms with E-state index in [0.717, 1.165) is 19.5 Å². The summed E-state index contributed by atoms with van der Waals surface area (Å²) in [5, 5.41) is 4.93. The second-order valence-electron chi connectivity index (χ2n) is 6.43. The number of para-hydroxylation sites is 1. The molecule has 3 heteroatoms. The van der Waals surface area contributed by atoms with Crippen LogP contribution in [0.3, 0.4) is 0 Å². The molecule has 1 aromatic heterocycles. The molecule has 0 fully saturated rings. The zero-order chi connectivity index (χ0) is 15.4. The van der Waals surface area contributed by atoms with E-state index in [-0.39, 0.29) is 12.2 Å². The second kappa shape index (κ2) is 7.30. The van der Waals surface area contributed by atoms with E-state index in [9.17, 15) is 0 Å². The number of H-pyrrole nitrogens is 1. The molecule has 2 aromatic rings. The zero-order valence-corrected chi connectivity index (χ0v) is 13.8. The third-order valence-electron chi connectivity index (χ3n) is 4.66. The quantitative estimate of drug-likeness (QED) is 0.746. The van der Waals surface area contributed by atoms with Gasteiger partial charge in [-0.3, -0.25) is 0 Å². The average Bonchev–Trinajstić information content (AvgIpc) is 2.90. The maximum absolute atomic E-state index is 6.18. The van der Waals surface area contributed by atoms with Gasteiger partial charge < -0.3 is 15.0 Å². The molecule has 0 saturated heterocycles. The van der Waals surface area contributed by atoms with Crippen molar-refractivity contribution in [2.45, 2.75) is 58.2 Å². The first-order valence-electron chi connectivity index (χ1n) is 8.75. The third kappa shape index (κ3) is 3.36. The van der Waals surface area contributed by atoms with Crippen LogP contribution in [-0.2, 0) is 11.2 Å². The maximum Gasteiger partial charge on any atom is 0.0952 e. The van der Waals surface area contributed by atoms with E-state index < -0.39 is 0 Å². The van der Waals surface area contributed by atoms with Crippen LogP contribution >= 0.6 is 0 Å². The summed E-state index contributed by atoms with van der Waals surface area (Å²) >= 11 is 0. The van der Waals surface area contributed by atoms with Crippen molar-refractivity contribution < 1.29 is 4.74 Å². The minimum Gasteiger partial charge on any atom is -0.367 e. The van der Waals surface area contributed by atoms with Gasteiger partial charge in [-0.05, 0) is 31.5 Å². The van der Waals surface area contributed by atoms with Crippen molar-refractivity contribution in [3.05, 3.63) is 35.5 Å². The van der Waals surface area contributed by atoms with Crippen LogP contribution in [-0.4, -0.2) is 24.2 Å². The Morgan fingerprint density at radius 2 is 2.09 bits per heavy atom. The van der Waals surface area contributed by atoms with Gasteiger partial charge in [0, 0.05) is 29.6 Å². The van der Waals surface area contributed by atoms with Crippen LogP contribution in [0.5, 0.6) is 0 Å². The first-order chi connectivity index (χ1) is 10.8. The van der Waals surface area contributed by atoms with Gasteiger partial charge in [0.05, 0.1) is 12.2 Å². The number of ether oxygens (including phenoxy) is 1. The summed E-state index contributed by atoms with van der Waals surface area (Å²) in [6, 6.07) is 8.59. The molecule has 1 aliphatic rings. The lowest BCUT2D eigenvalue weighted by atomic mass is 9.98. The first kappa shape index (κ1) is 15.6. The Kier molecular flexibility index (Phi) is 5.16. The fourth-order valence-corrected chi connectivity index (χ4v) is 3.48. The van der Waals surface area contributed by atoms with Crippen LogP contribution in [0, 0.1) is 0 Å². The highest BCUT2D eigenvalue weighted by molar-refractivity contribution is 5.85. The van der Waals surface area contributed by atoms with Crippen molar-refractivity contribution in [2.24, 2.45) is 0 Å². The van der Waals surface area contributed by atoms with E-state index in [4.69, 9.17) is 4.74 Å². The molecule has 0 bridgehead atoms. The lowest BCUT2D eigenvalue weighted by Crippen LogP contribution is -2.35. The summed E-state index contributed by atoms with van der Waals surface area (Å²) in [6.45, 7) is 6.47. The Morgan fingerprint density at radius 3 is 2.95 bits per heavy atom. The SMILES string of the molecule is CCCCCCNCC1Cc2c([nH]c3ccccc23)C(C)O1. The third-order valence-corrected chi connectivity index (χ3v) is 4.66. The summed E-state index contributed by atoms with van der Waals surface area (Å²) in [5.74, 6) is 0. The topological polar surface area (TPSA) is 37.0 Å². The van der Waals surface area contributed by atoms with Gasteiger partial charge in [0.25, 0.3) is 0 Å². The molecule has 22 heavy (non-hydrogen) atoms. The summed E-state index contributed by atoms with van der Waals surface area (Å²) < 4.78 is 6.18. The summed E-state index contributed by atoms with van der Waals surface area (Å²) in [5.41, 5.74) is 3.95. The molecule has 120 valence electrons. The Morgan fingerprint density at radius 1 is 1.23 bits per heavy atom. The number of aromatic amines is 1. The molecule has 2 N–H and O–H groups in total. The monoisotopic (exact) mass is 300 g/mol. The van der Waals surface area contributed by atoms with E-state index in [1.165, 1.54) is 47.8 Å². The van der Waals surface area contributed by atoms with Gasteiger partial charge in [-0.25, -0.2) is 0 Å². The fourth-order valence-electron chi connectivity index (χ4n) is 3.48. The van der Waals surface area contributed by atoms with Crippen LogP contribution in [0.1, 0.15) is 56.9 Å². The molecule has 0 radical (unpaired) electrons. The van der Waals surface area contributed by atoms with E-state index in [2.05, 4.69) is 48.4 Å². The van der Waals surface area contributed by atoms with E-state index in [1.54, 1.807) is 0 Å². The van der Waals surface area contributed by atoms with Gasteiger partial charge >= 0.3 is 0 Å². The number of rotatable bonds is 7. The molecule has 1 aromatic carbocycles. The van der Waals surface area contributed by atoms with E-state index in [0.29, 0.717) is 0 Å². The van der Waals surface area contributed by atoms with Crippen LogP contribution in [0.4, 0.5) is 0 Å². The summed E-state index contributed by atoms with van der Waals surface area (Å²) in [7, 11) is 0. The minimum atomic E-state index is 0.156. The Labute approximate surface area is 133 Å². The predicted molar refractivity (Wildman–Crippen MR) is 92.3 cm³/mol. The van der Waals surface area contributed by atoms with Crippen LogP contribution < -0.4 is 5.32 Å². The van der Waals surface area contributed by atoms with Crippen molar-refractivity contribution in [1.82, 2.24) is 10.3 Å². The lowest BCUT2D eigenvalue weighted by Gasteiger charge is -2.28. The Balaban J connectivity index is 1.59. The van der Waals surface area contributed by atoms with Gasteiger partial charge in [-0.2, -0.15) is 0 Å². The number of fused-ring (bicyclic) bond motifs is 3. The number of hydrogen-bond acceptors (Lipinski definition) is 2. The molecule has 3 rings (SSSR count). The average molecular weight is 300 g/mol. The van der Waals surface area contributed by atoms with Crippen LogP contribution in [0.15, 0.2) is 24.3 Å². The molecule has 0 amide bonds. The highest BCUT2D eigenvalue weighted by atomic mass is 16.5. The van der Waals surface area contributed by atoms with Gasteiger partial charge in [0.2, 0.25) is 0 Å². The normalized spacial score (nSPS) is 21.2. The Bertz CT molecular complexity index is 605.